The van der Waals surface area contributed by atoms with Crippen LogP contribution in [0.4, 0.5) is 0 Å². The summed E-state index contributed by atoms with van der Waals surface area (Å²) in [5, 5.41) is 1.40. The van der Waals surface area contributed by atoms with Crippen LogP contribution in [0.3, 0.4) is 0 Å². The summed E-state index contributed by atoms with van der Waals surface area (Å²) in [7, 11) is 0. The molecular formula is C9H13Cl3. The summed E-state index contributed by atoms with van der Waals surface area (Å²) in [6.07, 6.45) is 3.60. The standard InChI is InChI=1S/C9H13Cl3/c1-6(8(3)11)4-9(12)5-7(2)10/h4-6,8H,1-3H3/b7-5+,9-4+/t6-,8?/m1/s1. The first kappa shape index (κ1) is 12.3. The molecule has 2 atom stereocenters. The zero-order valence-electron chi connectivity index (χ0n) is 7.44. The summed E-state index contributed by atoms with van der Waals surface area (Å²) in [4.78, 5) is 0. The van der Waals surface area contributed by atoms with Crippen LogP contribution in [0.25, 0.3) is 0 Å². The minimum atomic E-state index is 0.0859. The first-order valence-electron chi connectivity index (χ1n) is 3.78. The second-order valence-electron chi connectivity index (χ2n) is 2.82. The molecule has 0 aromatic carbocycles. The van der Waals surface area contributed by atoms with Crippen LogP contribution in [-0.2, 0) is 0 Å². The van der Waals surface area contributed by atoms with Crippen molar-refractivity contribution in [2.24, 2.45) is 5.92 Å². The van der Waals surface area contributed by atoms with E-state index >= 15 is 0 Å². The van der Waals surface area contributed by atoms with Crippen LogP contribution >= 0.6 is 34.8 Å². The van der Waals surface area contributed by atoms with Gasteiger partial charge in [0.25, 0.3) is 0 Å². The van der Waals surface area contributed by atoms with Gasteiger partial charge in [0.2, 0.25) is 0 Å². The lowest BCUT2D eigenvalue weighted by Gasteiger charge is -2.07. The Bertz CT molecular complexity index is 188. The minimum Gasteiger partial charge on any atom is -0.123 e. The van der Waals surface area contributed by atoms with E-state index in [0.29, 0.717) is 10.1 Å². The molecule has 0 nitrogen and oxygen atoms in total. The molecule has 0 aliphatic carbocycles. The van der Waals surface area contributed by atoms with Gasteiger partial charge in [-0.25, -0.2) is 0 Å². The number of hydrogen-bond acceptors (Lipinski definition) is 0. The van der Waals surface area contributed by atoms with Crippen molar-refractivity contribution in [2.75, 3.05) is 0 Å². The van der Waals surface area contributed by atoms with Gasteiger partial charge < -0.3 is 0 Å². The SMILES string of the molecule is C/C(Cl)=C\C(Cl)=C/[C@@H](C)C(C)Cl. The zero-order valence-corrected chi connectivity index (χ0v) is 9.71. The number of allylic oxidation sites excluding steroid dienone is 4. The summed E-state index contributed by atoms with van der Waals surface area (Å²) in [6.45, 7) is 5.73. The van der Waals surface area contributed by atoms with Crippen molar-refractivity contribution < 1.29 is 0 Å². The predicted molar refractivity (Wildman–Crippen MR) is 58.0 cm³/mol. The first-order valence-corrected chi connectivity index (χ1v) is 4.98. The van der Waals surface area contributed by atoms with Crippen molar-refractivity contribution in [2.45, 2.75) is 26.1 Å². The lowest BCUT2D eigenvalue weighted by atomic mass is 10.1. The van der Waals surface area contributed by atoms with Crippen LogP contribution in [0.15, 0.2) is 22.2 Å². The fourth-order valence-electron chi connectivity index (χ4n) is 0.622. The molecule has 0 spiro atoms. The second kappa shape index (κ2) is 5.90. The molecule has 0 aliphatic rings. The fourth-order valence-corrected chi connectivity index (χ4v) is 1.23. The maximum absolute atomic E-state index is 5.86. The van der Waals surface area contributed by atoms with E-state index in [1.165, 1.54) is 0 Å². The molecule has 0 aromatic rings. The Balaban J connectivity index is 4.26. The Labute approximate surface area is 89.2 Å². The normalized spacial score (nSPS) is 19.2. The molecule has 0 saturated carbocycles. The monoisotopic (exact) mass is 226 g/mol. The predicted octanol–water partition coefficient (Wildman–Crippen LogP) is 4.52. The molecule has 0 fully saturated rings. The maximum Gasteiger partial charge on any atom is 0.0380 e. The van der Waals surface area contributed by atoms with Crippen LogP contribution in [-0.4, -0.2) is 5.38 Å². The van der Waals surface area contributed by atoms with Crippen LogP contribution in [0.5, 0.6) is 0 Å². The minimum absolute atomic E-state index is 0.0859. The van der Waals surface area contributed by atoms with Crippen molar-refractivity contribution in [3.8, 4) is 0 Å². The first-order chi connectivity index (χ1) is 5.43. The van der Waals surface area contributed by atoms with Gasteiger partial charge in [0.1, 0.15) is 0 Å². The van der Waals surface area contributed by atoms with E-state index in [1.807, 2.05) is 19.9 Å². The third-order valence-electron chi connectivity index (χ3n) is 1.48. The largest absolute Gasteiger partial charge is 0.123 e. The van der Waals surface area contributed by atoms with E-state index in [2.05, 4.69) is 0 Å². The highest BCUT2D eigenvalue weighted by Gasteiger charge is 2.05. The van der Waals surface area contributed by atoms with E-state index in [0.717, 1.165) is 0 Å². The van der Waals surface area contributed by atoms with E-state index in [9.17, 15) is 0 Å². The summed E-state index contributed by atoms with van der Waals surface area (Å²) in [5.74, 6) is 0.256. The number of hydrogen-bond donors (Lipinski definition) is 0. The van der Waals surface area contributed by atoms with Crippen molar-refractivity contribution in [1.29, 1.82) is 0 Å². The van der Waals surface area contributed by atoms with Gasteiger partial charge in [-0.1, -0.05) is 36.2 Å². The summed E-state index contributed by atoms with van der Waals surface area (Å²) in [5.41, 5.74) is 0. The zero-order chi connectivity index (χ0) is 9.72. The number of rotatable bonds is 3. The quantitative estimate of drug-likeness (QED) is 0.491. The molecule has 3 heteroatoms. The topological polar surface area (TPSA) is 0 Å². The van der Waals surface area contributed by atoms with Gasteiger partial charge in [-0.2, -0.15) is 0 Å². The lowest BCUT2D eigenvalue weighted by Crippen LogP contribution is -2.03. The van der Waals surface area contributed by atoms with Crippen molar-refractivity contribution >= 4 is 34.8 Å². The van der Waals surface area contributed by atoms with E-state index in [1.54, 1.807) is 13.0 Å². The molecule has 70 valence electrons. The third kappa shape index (κ3) is 5.93. The molecule has 0 aromatic heterocycles. The highest BCUT2D eigenvalue weighted by Crippen LogP contribution is 2.17. The third-order valence-corrected chi connectivity index (χ3v) is 2.23. The van der Waals surface area contributed by atoms with Crippen LogP contribution < -0.4 is 0 Å². The van der Waals surface area contributed by atoms with Gasteiger partial charge in [-0.15, -0.1) is 11.6 Å². The molecule has 0 N–H and O–H groups in total. The average Bonchev–Trinajstić information content (AvgIpc) is 1.84. The van der Waals surface area contributed by atoms with Crippen molar-refractivity contribution in [3.63, 3.8) is 0 Å². The van der Waals surface area contributed by atoms with Crippen LogP contribution in [0, 0.1) is 5.92 Å². The molecule has 0 radical (unpaired) electrons. The number of alkyl halides is 1. The van der Waals surface area contributed by atoms with Gasteiger partial charge >= 0.3 is 0 Å². The Morgan fingerprint density at radius 3 is 2.08 bits per heavy atom. The summed E-state index contributed by atoms with van der Waals surface area (Å²) in [6, 6.07) is 0. The fraction of sp³-hybridized carbons (Fsp3) is 0.556. The van der Waals surface area contributed by atoms with Gasteiger partial charge in [0.05, 0.1) is 0 Å². The Kier molecular flexibility index (Phi) is 6.08. The number of halogens is 3. The molecule has 12 heavy (non-hydrogen) atoms. The second-order valence-corrected chi connectivity index (χ2v) is 4.54. The van der Waals surface area contributed by atoms with Gasteiger partial charge in [-0.05, 0) is 25.8 Å². The van der Waals surface area contributed by atoms with Crippen LogP contribution in [0.2, 0.25) is 0 Å². The smallest absolute Gasteiger partial charge is 0.0380 e. The highest BCUT2D eigenvalue weighted by atomic mass is 35.5. The molecule has 0 amide bonds. The summed E-state index contributed by atoms with van der Waals surface area (Å²) < 4.78 is 0. The average molecular weight is 228 g/mol. The van der Waals surface area contributed by atoms with Gasteiger partial charge in [0, 0.05) is 15.4 Å². The van der Waals surface area contributed by atoms with Crippen LogP contribution in [0.1, 0.15) is 20.8 Å². The van der Waals surface area contributed by atoms with E-state index in [4.69, 9.17) is 34.8 Å². The lowest BCUT2D eigenvalue weighted by molar-refractivity contribution is 0.706. The summed E-state index contributed by atoms with van der Waals surface area (Å²) >= 11 is 17.3. The van der Waals surface area contributed by atoms with Gasteiger partial charge in [0.15, 0.2) is 0 Å². The molecule has 1 unspecified atom stereocenters. The molecule has 0 heterocycles. The Morgan fingerprint density at radius 2 is 1.75 bits per heavy atom. The molecule has 0 bridgehead atoms. The van der Waals surface area contributed by atoms with E-state index in [-0.39, 0.29) is 11.3 Å². The molecule has 0 saturated heterocycles. The van der Waals surface area contributed by atoms with Crippen molar-refractivity contribution in [3.05, 3.63) is 22.2 Å². The van der Waals surface area contributed by atoms with Gasteiger partial charge in [-0.3, -0.25) is 0 Å². The molecule has 0 rings (SSSR count). The van der Waals surface area contributed by atoms with E-state index < -0.39 is 0 Å². The molecule has 0 aliphatic heterocycles. The molecular weight excluding hydrogens is 214 g/mol. The Morgan fingerprint density at radius 1 is 1.25 bits per heavy atom. The van der Waals surface area contributed by atoms with Crippen molar-refractivity contribution in [1.82, 2.24) is 0 Å². The highest BCUT2D eigenvalue weighted by molar-refractivity contribution is 6.34. The maximum atomic E-state index is 5.86. The Hall–Kier alpha value is 0.350.